The van der Waals surface area contributed by atoms with Crippen molar-refractivity contribution in [3.05, 3.63) is 0 Å². The summed E-state index contributed by atoms with van der Waals surface area (Å²) >= 11 is 4.50. The van der Waals surface area contributed by atoms with Crippen molar-refractivity contribution in [3.63, 3.8) is 0 Å². The molecule has 2 saturated heterocycles. The van der Waals surface area contributed by atoms with Gasteiger partial charge in [0.2, 0.25) is 0 Å². The summed E-state index contributed by atoms with van der Waals surface area (Å²) in [4.78, 5) is 5.38. The molecule has 3 heteroatoms. The van der Waals surface area contributed by atoms with Gasteiger partial charge in [0.1, 0.15) is 0 Å². The smallest absolute Gasteiger partial charge is 0.0235 e. The summed E-state index contributed by atoms with van der Waals surface area (Å²) in [5.74, 6) is 2.55. The summed E-state index contributed by atoms with van der Waals surface area (Å²) in [5.41, 5.74) is 0. The highest BCUT2D eigenvalue weighted by molar-refractivity contribution is 7.80. The molecule has 0 aromatic carbocycles. The molecule has 100 valence electrons. The number of rotatable bonds is 5. The molecule has 2 nitrogen and oxygen atoms in total. The highest BCUT2D eigenvalue weighted by Gasteiger charge is 2.30. The van der Waals surface area contributed by atoms with Crippen LogP contribution in [0.3, 0.4) is 0 Å². The third-order valence-electron chi connectivity index (χ3n) is 4.57. The fourth-order valence-corrected chi connectivity index (χ4v) is 3.73. The van der Waals surface area contributed by atoms with Crippen LogP contribution in [0.2, 0.25) is 0 Å². The largest absolute Gasteiger partial charge is 0.301 e. The molecule has 2 fully saturated rings. The van der Waals surface area contributed by atoms with Gasteiger partial charge in [-0.25, -0.2) is 0 Å². The van der Waals surface area contributed by atoms with Crippen molar-refractivity contribution in [2.24, 2.45) is 11.8 Å². The van der Waals surface area contributed by atoms with Crippen molar-refractivity contribution in [2.45, 2.75) is 39.2 Å². The lowest BCUT2D eigenvalue weighted by atomic mass is 9.97. The van der Waals surface area contributed by atoms with Gasteiger partial charge >= 0.3 is 0 Å². The van der Waals surface area contributed by atoms with Gasteiger partial charge in [-0.2, -0.15) is 12.6 Å². The lowest BCUT2D eigenvalue weighted by Crippen LogP contribution is -2.37. The van der Waals surface area contributed by atoms with Crippen molar-refractivity contribution in [2.75, 3.05) is 38.5 Å². The average molecular weight is 256 g/mol. The topological polar surface area (TPSA) is 6.48 Å². The Bertz CT molecular complexity index is 226. The maximum absolute atomic E-state index is 4.50. The third-order valence-corrected chi connectivity index (χ3v) is 5.04. The van der Waals surface area contributed by atoms with E-state index in [-0.39, 0.29) is 0 Å². The van der Waals surface area contributed by atoms with E-state index in [1.54, 1.807) is 0 Å². The molecule has 17 heavy (non-hydrogen) atoms. The van der Waals surface area contributed by atoms with Gasteiger partial charge in [-0.15, -0.1) is 0 Å². The predicted octanol–water partition coefficient (Wildman–Crippen LogP) is 2.36. The quantitative estimate of drug-likeness (QED) is 0.755. The summed E-state index contributed by atoms with van der Waals surface area (Å²) in [7, 11) is 0. The molecule has 0 aliphatic carbocycles. The zero-order valence-electron chi connectivity index (χ0n) is 11.4. The van der Waals surface area contributed by atoms with Gasteiger partial charge in [0.25, 0.3) is 0 Å². The van der Waals surface area contributed by atoms with Gasteiger partial charge in [0.15, 0.2) is 0 Å². The molecule has 0 saturated carbocycles. The minimum atomic E-state index is 0.760. The van der Waals surface area contributed by atoms with Crippen LogP contribution < -0.4 is 0 Å². The number of hydrogen-bond acceptors (Lipinski definition) is 3. The third kappa shape index (κ3) is 3.62. The van der Waals surface area contributed by atoms with Crippen LogP contribution in [0.15, 0.2) is 0 Å². The summed E-state index contributed by atoms with van der Waals surface area (Å²) in [6.07, 6.45) is 4.22. The monoisotopic (exact) mass is 256 g/mol. The highest BCUT2D eigenvalue weighted by Crippen LogP contribution is 2.23. The van der Waals surface area contributed by atoms with Crippen LogP contribution in [0.25, 0.3) is 0 Å². The molecule has 2 atom stereocenters. The first-order chi connectivity index (χ1) is 8.20. The molecular formula is C14H28N2S. The number of thiol groups is 1. The van der Waals surface area contributed by atoms with E-state index in [0.717, 1.165) is 23.6 Å². The Morgan fingerprint density at radius 3 is 2.47 bits per heavy atom. The summed E-state index contributed by atoms with van der Waals surface area (Å²) in [6, 6.07) is 0.852. The molecule has 0 amide bonds. The second-order valence-electron chi connectivity index (χ2n) is 6.13. The van der Waals surface area contributed by atoms with Crippen LogP contribution in [-0.4, -0.2) is 54.3 Å². The van der Waals surface area contributed by atoms with Gasteiger partial charge in [-0.3, -0.25) is 4.90 Å². The van der Waals surface area contributed by atoms with Crippen LogP contribution >= 0.6 is 12.6 Å². The fraction of sp³-hybridized carbons (Fsp3) is 1.00. The first-order valence-corrected chi connectivity index (χ1v) is 7.91. The first-order valence-electron chi connectivity index (χ1n) is 7.28. The molecule has 2 rings (SSSR count). The van der Waals surface area contributed by atoms with Crippen LogP contribution in [0.4, 0.5) is 0 Å². The number of nitrogens with zero attached hydrogens (tertiary/aromatic N) is 2. The number of hydrogen-bond donors (Lipinski definition) is 1. The Hall–Kier alpha value is 0.270. The van der Waals surface area contributed by atoms with Crippen molar-refractivity contribution < 1.29 is 0 Å². The van der Waals surface area contributed by atoms with E-state index in [1.165, 1.54) is 52.0 Å². The van der Waals surface area contributed by atoms with Gasteiger partial charge in [0.05, 0.1) is 0 Å². The Balaban J connectivity index is 1.77. The highest BCUT2D eigenvalue weighted by atomic mass is 32.1. The maximum atomic E-state index is 4.50. The van der Waals surface area contributed by atoms with E-state index in [9.17, 15) is 0 Å². The van der Waals surface area contributed by atoms with Crippen molar-refractivity contribution in [1.29, 1.82) is 0 Å². The van der Waals surface area contributed by atoms with E-state index in [4.69, 9.17) is 0 Å². The van der Waals surface area contributed by atoms with E-state index >= 15 is 0 Å². The molecular weight excluding hydrogens is 228 g/mol. The molecule has 2 heterocycles. The summed E-state index contributed by atoms with van der Waals surface area (Å²) in [5, 5.41) is 0. The van der Waals surface area contributed by atoms with Crippen LogP contribution in [0.1, 0.15) is 33.1 Å². The van der Waals surface area contributed by atoms with Gasteiger partial charge < -0.3 is 4.90 Å². The van der Waals surface area contributed by atoms with E-state index in [2.05, 4.69) is 36.3 Å². The zero-order valence-corrected chi connectivity index (χ0v) is 12.3. The zero-order chi connectivity index (χ0) is 12.3. The van der Waals surface area contributed by atoms with E-state index in [1.807, 2.05) is 0 Å². The van der Waals surface area contributed by atoms with E-state index < -0.39 is 0 Å². The van der Waals surface area contributed by atoms with E-state index in [0.29, 0.717) is 0 Å². The van der Waals surface area contributed by atoms with Crippen LogP contribution in [-0.2, 0) is 0 Å². The van der Waals surface area contributed by atoms with Crippen molar-refractivity contribution in [3.8, 4) is 0 Å². The molecule has 2 aliphatic rings. The summed E-state index contributed by atoms with van der Waals surface area (Å²) in [6.45, 7) is 11.2. The Morgan fingerprint density at radius 2 is 1.88 bits per heavy atom. The normalized spacial score (nSPS) is 29.3. The van der Waals surface area contributed by atoms with Crippen LogP contribution in [0.5, 0.6) is 0 Å². The molecule has 0 radical (unpaired) electrons. The van der Waals surface area contributed by atoms with Gasteiger partial charge in [-0.05, 0) is 56.5 Å². The Kier molecular flexibility index (Phi) is 5.19. The fourth-order valence-electron chi connectivity index (χ4n) is 3.19. The van der Waals surface area contributed by atoms with Crippen LogP contribution in [0, 0.1) is 11.8 Å². The summed E-state index contributed by atoms with van der Waals surface area (Å²) < 4.78 is 0. The second-order valence-corrected chi connectivity index (χ2v) is 6.50. The molecule has 0 aromatic heterocycles. The second kappa shape index (κ2) is 6.44. The first kappa shape index (κ1) is 13.7. The molecule has 2 aliphatic heterocycles. The number of likely N-dealkylation sites (tertiary alicyclic amines) is 2. The SMILES string of the molecule is CC(C)C(CS)CN1CCC(N2CCCC2)C1. The lowest BCUT2D eigenvalue weighted by molar-refractivity contribution is 0.210. The molecule has 0 N–H and O–H groups in total. The molecule has 2 unspecified atom stereocenters. The Labute approximate surface area is 112 Å². The molecule has 0 aromatic rings. The minimum absolute atomic E-state index is 0.760. The van der Waals surface area contributed by atoms with Crippen molar-refractivity contribution in [1.82, 2.24) is 9.80 Å². The van der Waals surface area contributed by atoms with Gasteiger partial charge in [0, 0.05) is 19.1 Å². The average Bonchev–Trinajstić information content (AvgIpc) is 2.95. The predicted molar refractivity (Wildman–Crippen MR) is 77.8 cm³/mol. The molecule has 0 bridgehead atoms. The maximum Gasteiger partial charge on any atom is 0.0235 e. The standard InChI is InChI=1S/C14H28N2S/c1-12(2)13(11-17)9-15-8-5-14(10-15)16-6-3-4-7-16/h12-14,17H,3-11H2,1-2H3. The Morgan fingerprint density at radius 1 is 1.18 bits per heavy atom. The minimum Gasteiger partial charge on any atom is -0.301 e. The lowest BCUT2D eigenvalue weighted by Gasteiger charge is -2.27. The van der Waals surface area contributed by atoms with Crippen molar-refractivity contribution >= 4 is 12.6 Å². The van der Waals surface area contributed by atoms with Gasteiger partial charge in [-0.1, -0.05) is 13.8 Å². The molecule has 0 spiro atoms.